The number of para-hydroxylation sites is 1. The lowest BCUT2D eigenvalue weighted by Crippen LogP contribution is -2.50. The molecule has 17 heavy (non-hydrogen) atoms. The molecule has 1 rings (SSSR count). The molecule has 0 bridgehead atoms. The average Bonchev–Trinajstić information content (AvgIpc) is 2.15. The summed E-state index contributed by atoms with van der Waals surface area (Å²) in [5.74, 6) is 0. The molecule has 0 aliphatic heterocycles. The van der Waals surface area contributed by atoms with E-state index in [1.165, 1.54) is 11.9 Å². The summed E-state index contributed by atoms with van der Waals surface area (Å²) in [6, 6.07) is 7.10. The third kappa shape index (κ3) is 3.12. The second-order valence-corrected chi connectivity index (χ2v) is 4.41. The van der Waals surface area contributed by atoms with Crippen molar-refractivity contribution in [1.82, 2.24) is 0 Å². The summed E-state index contributed by atoms with van der Waals surface area (Å²) in [5.41, 5.74) is -1.17. The Morgan fingerprint density at radius 3 is 2.24 bits per heavy atom. The molecule has 0 fully saturated rings. The normalized spacial score (nSPS) is 15.5. The van der Waals surface area contributed by atoms with Crippen LogP contribution in [-0.4, -0.2) is 30.5 Å². The standard InChI is InChI=1S/C12H16F3NO/c1-9-6-4-5-7-10(9)16(3)8-11(2,17)12(13,14)15/h4-7,17H,8H2,1-3H3. The largest absolute Gasteiger partial charge is 0.418 e. The highest BCUT2D eigenvalue weighted by molar-refractivity contribution is 5.52. The van der Waals surface area contributed by atoms with Crippen molar-refractivity contribution in [2.24, 2.45) is 0 Å². The first-order valence-corrected chi connectivity index (χ1v) is 5.21. The van der Waals surface area contributed by atoms with Gasteiger partial charge in [-0.15, -0.1) is 0 Å². The molecule has 0 saturated carbocycles. The Labute approximate surface area is 98.7 Å². The minimum Gasteiger partial charge on any atom is -0.379 e. The van der Waals surface area contributed by atoms with Crippen LogP contribution in [0.4, 0.5) is 18.9 Å². The number of hydrogen-bond donors (Lipinski definition) is 1. The fraction of sp³-hybridized carbons (Fsp3) is 0.500. The maximum Gasteiger partial charge on any atom is 0.418 e. The third-order valence-electron chi connectivity index (χ3n) is 2.68. The van der Waals surface area contributed by atoms with Gasteiger partial charge in [-0.2, -0.15) is 13.2 Å². The van der Waals surface area contributed by atoms with E-state index in [1.54, 1.807) is 12.1 Å². The lowest BCUT2D eigenvalue weighted by atomic mass is 10.1. The highest BCUT2D eigenvalue weighted by Crippen LogP contribution is 2.32. The molecule has 0 aromatic heterocycles. The number of aryl methyl sites for hydroxylation is 1. The molecule has 1 unspecified atom stereocenters. The second kappa shape index (κ2) is 4.56. The monoisotopic (exact) mass is 247 g/mol. The minimum atomic E-state index is -4.63. The van der Waals surface area contributed by atoms with Gasteiger partial charge in [-0.05, 0) is 25.5 Å². The molecule has 1 atom stereocenters. The van der Waals surface area contributed by atoms with Crippen molar-refractivity contribution in [2.75, 3.05) is 18.5 Å². The zero-order chi connectivity index (χ0) is 13.3. The number of likely N-dealkylation sites (N-methyl/N-ethyl adjacent to an activating group) is 1. The molecule has 96 valence electrons. The van der Waals surface area contributed by atoms with Crippen molar-refractivity contribution in [3.63, 3.8) is 0 Å². The van der Waals surface area contributed by atoms with E-state index in [0.29, 0.717) is 5.69 Å². The molecule has 0 saturated heterocycles. The van der Waals surface area contributed by atoms with Gasteiger partial charge in [-0.25, -0.2) is 0 Å². The predicted octanol–water partition coefficient (Wildman–Crippen LogP) is 2.74. The Morgan fingerprint density at radius 2 is 1.76 bits per heavy atom. The number of halogens is 3. The van der Waals surface area contributed by atoms with Gasteiger partial charge in [-0.3, -0.25) is 0 Å². The molecule has 1 aromatic rings. The molecule has 5 heteroatoms. The number of anilines is 1. The number of hydrogen-bond acceptors (Lipinski definition) is 2. The van der Waals surface area contributed by atoms with E-state index in [2.05, 4.69) is 0 Å². The summed E-state index contributed by atoms with van der Waals surface area (Å²) >= 11 is 0. The molecular formula is C12H16F3NO. The Bertz CT molecular complexity index is 388. The van der Waals surface area contributed by atoms with Crippen LogP contribution in [0.1, 0.15) is 12.5 Å². The maximum absolute atomic E-state index is 12.5. The van der Waals surface area contributed by atoms with Gasteiger partial charge in [0, 0.05) is 12.7 Å². The van der Waals surface area contributed by atoms with Crippen molar-refractivity contribution in [3.05, 3.63) is 29.8 Å². The molecule has 0 heterocycles. The Kier molecular flexibility index (Phi) is 3.71. The van der Waals surface area contributed by atoms with Gasteiger partial charge in [0.05, 0.1) is 6.54 Å². The van der Waals surface area contributed by atoms with Gasteiger partial charge in [0.1, 0.15) is 0 Å². The molecule has 0 amide bonds. The van der Waals surface area contributed by atoms with Crippen LogP contribution in [0.3, 0.4) is 0 Å². The molecular weight excluding hydrogens is 231 g/mol. The third-order valence-corrected chi connectivity index (χ3v) is 2.68. The van der Waals surface area contributed by atoms with Crippen molar-refractivity contribution in [1.29, 1.82) is 0 Å². The molecule has 2 nitrogen and oxygen atoms in total. The van der Waals surface area contributed by atoms with Gasteiger partial charge >= 0.3 is 6.18 Å². The Hall–Kier alpha value is -1.23. The first-order chi connectivity index (χ1) is 7.65. The molecule has 1 aromatic carbocycles. The summed E-state index contributed by atoms with van der Waals surface area (Å²) in [6.07, 6.45) is -4.63. The Morgan fingerprint density at radius 1 is 1.24 bits per heavy atom. The van der Waals surface area contributed by atoms with Crippen molar-refractivity contribution >= 4 is 5.69 Å². The minimum absolute atomic E-state index is 0.499. The summed E-state index contributed by atoms with van der Waals surface area (Å²) < 4.78 is 37.6. The van der Waals surface area contributed by atoms with Gasteiger partial charge < -0.3 is 10.0 Å². The molecule has 0 radical (unpaired) electrons. The van der Waals surface area contributed by atoms with Crippen LogP contribution < -0.4 is 4.90 Å². The number of nitrogens with zero attached hydrogens (tertiary/aromatic N) is 1. The van der Waals surface area contributed by atoms with Crippen LogP contribution in [0.5, 0.6) is 0 Å². The predicted molar refractivity (Wildman–Crippen MR) is 61.1 cm³/mol. The Balaban J connectivity index is 2.87. The second-order valence-electron chi connectivity index (χ2n) is 4.41. The fourth-order valence-corrected chi connectivity index (χ4v) is 1.63. The summed E-state index contributed by atoms with van der Waals surface area (Å²) in [7, 11) is 1.53. The highest BCUT2D eigenvalue weighted by atomic mass is 19.4. The summed E-state index contributed by atoms with van der Waals surface area (Å²) in [4.78, 5) is 1.41. The zero-order valence-electron chi connectivity index (χ0n) is 10.0. The van der Waals surface area contributed by atoms with Crippen molar-refractivity contribution in [3.8, 4) is 0 Å². The molecule has 0 aliphatic carbocycles. The lowest BCUT2D eigenvalue weighted by Gasteiger charge is -2.32. The summed E-state index contributed by atoms with van der Waals surface area (Å²) in [6.45, 7) is 2.09. The topological polar surface area (TPSA) is 23.5 Å². The van der Waals surface area contributed by atoms with Gasteiger partial charge in [-0.1, -0.05) is 18.2 Å². The number of aliphatic hydroxyl groups is 1. The van der Waals surface area contributed by atoms with E-state index in [4.69, 9.17) is 0 Å². The zero-order valence-corrected chi connectivity index (χ0v) is 10.0. The van der Waals surface area contributed by atoms with Gasteiger partial charge in [0.2, 0.25) is 0 Å². The smallest absolute Gasteiger partial charge is 0.379 e. The quantitative estimate of drug-likeness (QED) is 0.887. The average molecular weight is 247 g/mol. The van der Waals surface area contributed by atoms with Crippen LogP contribution in [0.2, 0.25) is 0 Å². The van der Waals surface area contributed by atoms with Crippen LogP contribution >= 0.6 is 0 Å². The van der Waals surface area contributed by atoms with E-state index < -0.39 is 18.3 Å². The van der Waals surface area contributed by atoms with Crippen molar-refractivity contribution in [2.45, 2.75) is 25.6 Å². The van der Waals surface area contributed by atoms with Crippen LogP contribution in [0.25, 0.3) is 0 Å². The van der Waals surface area contributed by atoms with Crippen LogP contribution in [0.15, 0.2) is 24.3 Å². The van der Waals surface area contributed by atoms with Crippen LogP contribution in [-0.2, 0) is 0 Å². The fourth-order valence-electron chi connectivity index (χ4n) is 1.63. The first-order valence-electron chi connectivity index (χ1n) is 5.21. The first kappa shape index (κ1) is 13.8. The highest BCUT2D eigenvalue weighted by Gasteiger charge is 2.50. The number of rotatable bonds is 3. The van der Waals surface area contributed by atoms with Crippen LogP contribution in [0, 0.1) is 6.92 Å². The number of alkyl halides is 3. The van der Waals surface area contributed by atoms with E-state index in [0.717, 1.165) is 12.5 Å². The van der Waals surface area contributed by atoms with E-state index in [1.807, 2.05) is 19.1 Å². The lowest BCUT2D eigenvalue weighted by molar-refractivity contribution is -0.248. The molecule has 0 spiro atoms. The maximum atomic E-state index is 12.5. The van der Waals surface area contributed by atoms with Gasteiger partial charge in [0.25, 0.3) is 0 Å². The van der Waals surface area contributed by atoms with Crippen molar-refractivity contribution < 1.29 is 18.3 Å². The van der Waals surface area contributed by atoms with E-state index >= 15 is 0 Å². The summed E-state index contributed by atoms with van der Waals surface area (Å²) in [5, 5.41) is 9.41. The molecule has 0 aliphatic rings. The number of benzene rings is 1. The molecule has 1 N–H and O–H groups in total. The SMILES string of the molecule is Cc1ccccc1N(C)CC(C)(O)C(F)(F)F. The van der Waals surface area contributed by atoms with E-state index in [9.17, 15) is 18.3 Å². The van der Waals surface area contributed by atoms with E-state index in [-0.39, 0.29) is 0 Å². The van der Waals surface area contributed by atoms with Gasteiger partial charge in [0.15, 0.2) is 5.60 Å².